The van der Waals surface area contributed by atoms with Crippen molar-refractivity contribution in [3.8, 4) is 5.75 Å². The fourth-order valence-electron chi connectivity index (χ4n) is 4.89. The molecular weight excluding hydrogens is 352 g/mol. The highest BCUT2D eigenvalue weighted by Gasteiger charge is 2.62. The van der Waals surface area contributed by atoms with Gasteiger partial charge in [-0.25, -0.2) is 4.90 Å². The molecule has 2 saturated heterocycles. The maximum Gasteiger partial charge on any atom is 0.244 e. The number of hydrogen-bond acceptors (Lipinski definition) is 3. The van der Waals surface area contributed by atoms with Crippen molar-refractivity contribution in [1.82, 2.24) is 0 Å². The van der Waals surface area contributed by atoms with Gasteiger partial charge in [0.05, 0.1) is 24.4 Å². The number of benzene rings is 2. The minimum Gasteiger partial charge on any atom is -0.496 e. The summed E-state index contributed by atoms with van der Waals surface area (Å²) in [6.45, 7) is 4.32. The Balaban J connectivity index is 1.77. The lowest BCUT2D eigenvalue weighted by Gasteiger charge is -2.22. The Labute approximate surface area is 165 Å². The lowest BCUT2D eigenvalue weighted by Crippen LogP contribution is -2.89. The Morgan fingerprint density at radius 1 is 0.964 bits per heavy atom. The van der Waals surface area contributed by atoms with Crippen LogP contribution in [0.1, 0.15) is 31.9 Å². The molecule has 0 unspecified atom stereocenters. The molecule has 2 fully saturated rings. The summed E-state index contributed by atoms with van der Waals surface area (Å²) >= 11 is 0. The van der Waals surface area contributed by atoms with Crippen LogP contribution in [-0.2, 0) is 9.59 Å². The summed E-state index contributed by atoms with van der Waals surface area (Å²) in [7, 11) is 1.65. The van der Waals surface area contributed by atoms with Gasteiger partial charge in [0.15, 0.2) is 0 Å². The van der Waals surface area contributed by atoms with Gasteiger partial charge in [-0.15, -0.1) is 0 Å². The van der Waals surface area contributed by atoms with Crippen LogP contribution in [0.2, 0.25) is 0 Å². The monoisotopic (exact) mass is 379 g/mol. The van der Waals surface area contributed by atoms with Crippen LogP contribution in [-0.4, -0.2) is 25.0 Å². The molecule has 0 spiro atoms. The highest BCUT2D eigenvalue weighted by atomic mass is 16.5. The SMILES string of the molecule is COc1ccccc1[C@@H]1[NH2+][C@H](CC(C)C)[C@H]2C(=O)N(c3ccccc3)C(=O)[C@@H]21. The van der Waals surface area contributed by atoms with E-state index in [0.29, 0.717) is 11.6 Å². The Morgan fingerprint density at radius 2 is 1.61 bits per heavy atom. The van der Waals surface area contributed by atoms with E-state index in [1.54, 1.807) is 7.11 Å². The predicted octanol–water partition coefficient (Wildman–Crippen LogP) is 2.53. The average Bonchev–Trinajstić information content (AvgIpc) is 3.18. The molecule has 0 aliphatic carbocycles. The summed E-state index contributed by atoms with van der Waals surface area (Å²) in [6.07, 6.45) is 0.897. The average molecular weight is 379 g/mol. The van der Waals surface area contributed by atoms with E-state index < -0.39 is 0 Å². The van der Waals surface area contributed by atoms with E-state index in [1.165, 1.54) is 4.90 Å². The van der Waals surface area contributed by atoms with Crippen molar-refractivity contribution in [3.63, 3.8) is 0 Å². The van der Waals surface area contributed by atoms with Gasteiger partial charge in [-0.3, -0.25) is 9.59 Å². The molecule has 2 aromatic carbocycles. The van der Waals surface area contributed by atoms with Crippen LogP contribution in [0.15, 0.2) is 54.6 Å². The molecule has 2 aromatic rings. The number of imide groups is 1. The maximum absolute atomic E-state index is 13.5. The highest BCUT2D eigenvalue weighted by Crippen LogP contribution is 2.44. The van der Waals surface area contributed by atoms with Gasteiger partial charge in [-0.1, -0.05) is 44.2 Å². The summed E-state index contributed by atoms with van der Waals surface area (Å²) in [5, 5.41) is 2.23. The molecule has 0 bridgehead atoms. The first-order valence-corrected chi connectivity index (χ1v) is 9.93. The van der Waals surface area contributed by atoms with E-state index in [9.17, 15) is 9.59 Å². The number of amides is 2. The van der Waals surface area contributed by atoms with E-state index >= 15 is 0 Å². The number of rotatable bonds is 5. The second kappa shape index (κ2) is 7.40. The van der Waals surface area contributed by atoms with Gasteiger partial charge < -0.3 is 10.1 Å². The maximum atomic E-state index is 13.5. The summed E-state index contributed by atoms with van der Waals surface area (Å²) in [5.74, 6) is 0.385. The van der Waals surface area contributed by atoms with Crippen molar-refractivity contribution in [3.05, 3.63) is 60.2 Å². The van der Waals surface area contributed by atoms with Crippen molar-refractivity contribution >= 4 is 17.5 Å². The summed E-state index contributed by atoms with van der Waals surface area (Å²) in [5.41, 5.74) is 1.65. The van der Waals surface area contributed by atoms with Gasteiger partial charge in [-0.05, 0) is 30.2 Å². The van der Waals surface area contributed by atoms with Crippen molar-refractivity contribution in [1.29, 1.82) is 0 Å². The van der Waals surface area contributed by atoms with Crippen molar-refractivity contribution in [2.24, 2.45) is 17.8 Å². The first kappa shape index (κ1) is 18.7. The number of carbonyl (C=O) groups excluding carboxylic acids is 2. The van der Waals surface area contributed by atoms with E-state index in [0.717, 1.165) is 17.7 Å². The molecule has 146 valence electrons. The van der Waals surface area contributed by atoms with Crippen LogP contribution < -0.4 is 15.0 Å². The number of nitrogens with zero attached hydrogens (tertiary/aromatic N) is 1. The van der Waals surface area contributed by atoms with E-state index in [4.69, 9.17) is 4.74 Å². The smallest absolute Gasteiger partial charge is 0.244 e. The molecule has 5 nitrogen and oxygen atoms in total. The van der Waals surface area contributed by atoms with Crippen LogP contribution in [0.3, 0.4) is 0 Å². The molecule has 2 amide bonds. The number of carbonyl (C=O) groups is 2. The minimum atomic E-state index is -0.368. The van der Waals surface area contributed by atoms with Crippen LogP contribution in [0.4, 0.5) is 5.69 Å². The largest absolute Gasteiger partial charge is 0.496 e. The molecule has 4 atom stereocenters. The zero-order valence-electron chi connectivity index (χ0n) is 16.5. The summed E-state index contributed by atoms with van der Waals surface area (Å²) < 4.78 is 5.57. The highest BCUT2D eigenvalue weighted by molar-refractivity contribution is 6.22. The number of fused-ring (bicyclic) bond motifs is 1. The Kier molecular flexibility index (Phi) is 4.94. The van der Waals surface area contributed by atoms with Gasteiger partial charge >= 0.3 is 0 Å². The number of methoxy groups -OCH3 is 1. The Morgan fingerprint density at radius 3 is 2.29 bits per heavy atom. The third-order valence-electron chi connectivity index (χ3n) is 5.96. The molecule has 4 rings (SSSR count). The third-order valence-corrected chi connectivity index (χ3v) is 5.96. The van der Waals surface area contributed by atoms with Crippen LogP contribution in [0.25, 0.3) is 0 Å². The van der Waals surface area contributed by atoms with E-state index in [2.05, 4.69) is 19.2 Å². The molecule has 5 heteroatoms. The zero-order chi connectivity index (χ0) is 19.8. The number of hydrogen-bond donors (Lipinski definition) is 1. The fraction of sp³-hybridized carbons (Fsp3) is 0.391. The molecule has 2 aliphatic rings. The third kappa shape index (κ3) is 3.00. The lowest BCUT2D eigenvalue weighted by atomic mass is 9.84. The van der Waals surface area contributed by atoms with Gasteiger partial charge in [0.2, 0.25) is 11.8 Å². The van der Waals surface area contributed by atoms with Gasteiger partial charge in [0.25, 0.3) is 0 Å². The second-order valence-corrected chi connectivity index (χ2v) is 8.15. The number of para-hydroxylation sites is 2. The number of quaternary nitrogens is 1. The minimum absolute atomic E-state index is 0.0690. The molecule has 2 heterocycles. The quantitative estimate of drug-likeness (QED) is 0.812. The Bertz CT molecular complexity index is 880. The van der Waals surface area contributed by atoms with Crippen molar-refractivity contribution < 1.29 is 19.6 Å². The van der Waals surface area contributed by atoms with Gasteiger partial charge in [-0.2, -0.15) is 0 Å². The molecule has 0 saturated carbocycles. The molecule has 2 aliphatic heterocycles. The molecule has 2 N–H and O–H groups in total. The van der Waals surface area contributed by atoms with Crippen LogP contribution in [0.5, 0.6) is 5.75 Å². The van der Waals surface area contributed by atoms with Crippen molar-refractivity contribution in [2.45, 2.75) is 32.4 Å². The van der Waals surface area contributed by atoms with Gasteiger partial charge in [0, 0.05) is 6.42 Å². The zero-order valence-corrected chi connectivity index (χ0v) is 16.5. The van der Waals surface area contributed by atoms with Crippen molar-refractivity contribution in [2.75, 3.05) is 12.0 Å². The second-order valence-electron chi connectivity index (χ2n) is 8.15. The molecular formula is C23H27N2O3+. The summed E-state index contributed by atoms with van der Waals surface area (Å²) in [4.78, 5) is 28.2. The van der Waals surface area contributed by atoms with Crippen LogP contribution in [0, 0.1) is 17.8 Å². The summed E-state index contributed by atoms with van der Waals surface area (Å²) in [6, 6.07) is 17.1. The van der Waals surface area contributed by atoms with Gasteiger partial charge in [0.1, 0.15) is 23.6 Å². The lowest BCUT2D eigenvalue weighted by molar-refractivity contribution is -0.712. The number of ether oxygens (including phenoxy) is 1. The standard InChI is InChI=1S/C23H26N2O3/c1-14(2)13-17-19-20(21(24-17)16-11-7-8-12-18(16)28-3)23(27)25(22(19)26)15-9-5-4-6-10-15/h4-12,14,17,19-21,24H,13H2,1-3H3/p+1/t17-,19-,20+,21+/m1/s1. The van der Waals surface area contributed by atoms with E-state index in [1.807, 2.05) is 54.6 Å². The van der Waals surface area contributed by atoms with E-state index in [-0.39, 0.29) is 35.7 Å². The number of nitrogens with two attached hydrogens (primary N) is 1. The predicted molar refractivity (Wildman–Crippen MR) is 107 cm³/mol. The first-order chi connectivity index (χ1) is 13.5. The first-order valence-electron chi connectivity index (χ1n) is 9.93. The molecule has 28 heavy (non-hydrogen) atoms. The molecule has 0 radical (unpaired) electrons. The fourth-order valence-corrected chi connectivity index (χ4v) is 4.89. The normalized spacial score (nSPS) is 26.8. The number of anilines is 1. The topological polar surface area (TPSA) is 63.2 Å². The molecule has 0 aromatic heterocycles. The Hall–Kier alpha value is -2.66. The van der Waals surface area contributed by atoms with Crippen LogP contribution >= 0.6 is 0 Å².